The Kier molecular flexibility index (Phi) is 5.19. The van der Waals surface area contributed by atoms with E-state index in [9.17, 15) is 9.59 Å². The zero-order valence-corrected chi connectivity index (χ0v) is 10.9. The summed E-state index contributed by atoms with van der Waals surface area (Å²) in [5.41, 5.74) is 0.189. The molecule has 0 aromatic carbocycles. The summed E-state index contributed by atoms with van der Waals surface area (Å²) in [6, 6.07) is 0. The molecule has 0 N–H and O–H groups in total. The van der Waals surface area contributed by atoms with Crippen molar-refractivity contribution in [3.63, 3.8) is 0 Å². The molecule has 0 bridgehead atoms. The van der Waals surface area contributed by atoms with Crippen molar-refractivity contribution >= 4 is 11.8 Å². The molecule has 0 aromatic rings. The minimum atomic E-state index is -0.482. The van der Waals surface area contributed by atoms with Crippen LogP contribution in [0.4, 0.5) is 0 Å². The van der Waals surface area contributed by atoms with Crippen LogP contribution in [0, 0.1) is 5.92 Å². The maximum absolute atomic E-state index is 11.9. The predicted molar refractivity (Wildman–Crippen MR) is 65.4 cm³/mol. The number of esters is 1. The van der Waals surface area contributed by atoms with Crippen molar-refractivity contribution in [2.75, 3.05) is 20.7 Å². The van der Waals surface area contributed by atoms with Crippen LogP contribution in [-0.2, 0) is 14.3 Å². The molecular formula is C13H21NO3. The van der Waals surface area contributed by atoms with Crippen molar-refractivity contribution in [3.8, 4) is 0 Å². The lowest BCUT2D eigenvalue weighted by atomic mass is 10.1. The van der Waals surface area contributed by atoms with Crippen LogP contribution < -0.4 is 0 Å². The molecule has 4 heteroatoms. The van der Waals surface area contributed by atoms with Gasteiger partial charge in [0.25, 0.3) is 0 Å². The van der Waals surface area contributed by atoms with Crippen molar-refractivity contribution < 1.29 is 14.3 Å². The number of carbonyl (C=O) groups is 2. The molecule has 0 amide bonds. The quantitative estimate of drug-likeness (QED) is 0.223. The molecule has 0 radical (unpaired) electrons. The molecule has 0 saturated heterocycles. The zero-order chi connectivity index (χ0) is 12.8. The number of carbonyl (C=O) groups excluding carboxylic acids is 2. The number of ketones is 1. The fourth-order valence-electron chi connectivity index (χ4n) is 1.43. The molecule has 0 spiro atoms. The van der Waals surface area contributed by atoms with E-state index >= 15 is 0 Å². The van der Waals surface area contributed by atoms with E-state index in [2.05, 4.69) is 0 Å². The van der Waals surface area contributed by atoms with Crippen molar-refractivity contribution in [2.45, 2.75) is 32.6 Å². The van der Waals surface area contributed by atoms with Gasteiger partial charge in [0, 0.05) is 26.2 Å². The third kappa shape index (κ3) is 4.59. The lowest BCUT2D eigenvalue weighted by Gasteiger charge is -2.10. The number of unbranched alkanes of at least 4 members (excludes halogenated alkanes) is 1. The Morgan fingerprint density at radius 1 is 1.35 bits per heavy atom. The van der Waals surface area contributed by atoms with Gasteiger partial charge in [-0.05, 0) is 19.3 Å². The Balaban J connectivity index is 2.62. The van der Waals surface area contributed by atoms with Gasteiger partial charge < -0.3 is 9.64 Å². The fourth-order valence-corrected chi connectivity index (χ4v) is 1.43. The van der Waals surface area contributed by atoms with Crippen LogP contribution >= 0.6 is 0 Å². The normalized spacial score (nSPS) is 15.6. The Hall–Kier alpha value is -1.32. The van der Waals surface area contributed by atoms with E-state index in [1.54, 1.807) is 25.2 Å². The average Bonchev–Trinajstić information content (AvgIpc) is 3.08. The van der Waals surface area contributed by atoms with Gasteiger partial charge in [-0.3, -0.25) is 4.79 Å². The molecule has 96 valence electrons. The highest BCUT2D eigenvalue weighted by atomic mass is 16.5. The van der Waals surface area contributed by atoms with Crippen LogP contribution in [0.2, 0.25) is 0 Å². The molecule has 0 heterocycles. The Morgan fingerprint density at radius 3 is 2.47 bits per heavy atom. The molecule has 1 aliphatic carbocycles. The first-order valence-electron chi connectivity index (χ1n) is 6.15. The van der Waals surface area contributed by atoms with E-state index in [-0.39, 0.29) is 17.3 Å². The standard InChI is InChI=1S/C13H21NO3/c1-4-5-8-17-13(16)11(9-14(2)3)12(15)10-6-7-10/h9-10H,4-8H2,1-3H3/b11-9-. The maximum Gasteiger partial charge on any atom is 0.343 e. The van der Waals surface area contributed by atoms with Gasteiger partial charge in [0.05, 0.1) is 6.61 Å². The van der Waals surface area contributed by atoms with Gasteiger partial charge in [-0.1, -0.05) is 13.3 Å². The zero-order valence-electron chi connectivity index (χ0n) is 10.9. The summed E-state index contributed by atoms with van der Waals surface area (Å²) in [4.78, 5) is 25.4. The third-order valence-corrected chi connectivity index (χ3v) is 2.55. The first-order valence-corrected chi connectivity index (χ1v) is 6.15. The van der Waals surface area contributed by atoms with Gasteiger partial charge in [-0.15, -0.1) is 0 Å². The summed E-state index contributed by atoms with van der Waals surface area (Å²) in [6.07, 6.45) is 5.15. The summed E-state index contributed by atoms with van der Waals surface area (Å²) in [5, 5.41) is 0. The molecule has 0 unspecified atom stereocenters. The van der Waals surface area contributed by atoms with Gasteiger partial charge >= 0.3 is 5.97 Å². The SMILES string of the molecule is CCCCOC(=O)/C(=C\N(C)C)C(=O)C1CC1. The fraction of sp³-hybridized carbons (Fsp3) is 0.692. The molecule has 1 rings (SSSR count). The molecule has 0 atom stereocenters. The molecule has 0 aliphatic heterocycles. The van der Waals surface area contributed by atoms with Gasteiger partial charge in [-0.2, -0.15) is 0 Å². The van der Waals surface area contributed by atoms with Gasteiger partial charge in [0.15, 0.2) is 5.78 Å². The molecule has 1 aliphatic rings. The summed E-state index contributed by atoms with van der Waals surface area (Å²) in [5.74, 6) is -0.510. The largest absolute Gasteiger partial charge is 0.462 e. The monoisotopic (exact) mass is 239 g/mol. The average molecular weight is 239 g/mol. The number of nitrogens with zero attached hydrogens (tertiary/aromatic N) is 1. The van der Waals surface area contributed by atoms with Gasteiger partial charge in [-0.25, -0.2) is 4.79 Å². The minimum Gasteiger partial charge on any atom is -0.462 e. The lowest BCUT2D eigenvalue weighted by Crippen LogP contribution is -2.20. The van der Waals surface area contributed by atoms with E-state index in [1.807, 2.05) is 6.92 Å². The predicted octanol–water partition coefficient (Wildman–Crippen LogP) is 1.75. The van der Waals surface area contributed by atoms with Gasteiger partial charge in [0.1, 0.15) is 5.57 Å². The highest BCUT2D eigenvalue weighted by molar-refractivity contribution is 6.18. The van der Waals surface area contributed by atoms with E-state index in [0.717, 1.165) is 25.7 Å². The van der Waals surface area contributed by atoms with Gasteiger partial charge in [0.2, 0.25) is 0 Å². The second-order valence-electron chi connectivity index (χ2n) is 4.63. The molecule has 0 aromatic heterocycles. The second-order valence-corrected chi connectivity index (χ2v) is 4.63. The summed E-state index contributed by atoms with van der Waals surface area (Å²) in [7, 11) is 3.58. The van der Waals surface area contributed by atoms with E-state index in [4.69, 9.17) is 4.74 Å². The second kappa shape index (κ2) is 6.42. The van der Waals surface area contributed by atoms with Crippen molar-refractivity contribution in [1.29, 1.82) is 0 Å². The molecule has 17 heavy (non-hydrogen) atoms. The van der Waals surface area contributed by atoms with Crippen molar-refractivity contribution in [2.24, 2.45) is 5.92 Å². The first kappa shape index (κ1) is 13.7. The van der Waals surface area contributed by atoms with Crippen LogP contribution in [0.25, 0.3) is 0 Å². The summed E-state index contributed by atoms with van der Waals surface area (Å²) < 4.78 is 5.09. The van der Waals surface area contributed by atoms with Crippen LogP contribution in [-0.4, -0.2) is 37.4 Å². The number of ether oxygens (including phenoxy) is 1. The van der Waals surface area contributed by atoms with Crippen LogP contribution in [0.1, 0.15) is 32.6 Å². The molecule has 1 fully saturated rings. The van der Waals surface area contributed by atoms with Crippen LogP contribution in [0.3, 0.4) is 0 Å². The Labute approximate surface area is 103 Å². The number of rotatable bonds is 7. The minimum absolute atomic E-state index is 0.0416. The Morgan fingerprint density at radius 2 is 2.00 bits per heavy atom. The summed E-state index contributed by atoms with van der Waals surface area (Å²) in [6.45, 7) is 2.41. The number of hydrogen-bond acceptors (Lipinski definition) is 4. The maximum atomic E-state index is 11.9. The highest BCUT2D eigenvalue weighted by Gasteiger charge is 2.35. The van der Waals surface area contributed by atoms with Crippen molar-refractivity contribution in [3.05, 3.63) is 11.8 Å². The Bertz CT molecular complexity index is 317. The van der Waals surface area contributed by atoms with E-state index < -0.39 is 5.97 Å². The lowest BCUT2D eigenvalue weighted by molar-refractivity contribution is -0.140. The number of Topliss-reactive ketones (excluding diaryl/α,β-unsaturated/α-hetero) is 1. The van der Waals surface area contributed by atoms with Crippen LogP contribution in [0.5, 0.6) is 0 Å². The number of hydrogen-bond donors (Lipinski definition) is 0. The summed E-state index contributed by atoms with van der Waals surface area (Å²) >= 11 is 0. The molecule has 1 saturated carbocycles. The third-order valence-electron chi connectivity index (χ3n) is 2.55. The molecule has 4 nitrogen and oxygen atoms in total. The highest BCUT2D eigenvalue weighted by Crippen LogP contribution is 2.32. The van der Waals surface area contributed by atoms with Crippen molar-refractivity contribution in [1.82, 2.24) is 4.90 Å². The molecular weight excluding hydrogens is 218 g/mol. The van der Waals surface area contributed by atoms with Crippen LogP contribution in [0.15, 0.2) is 11.8 Å². The first-order chi connectivity index (χ1) is 8.06. The topological polar surface area (TPSA) is 46.6 Å². The van der Waals surface area contributed by atoms with E-state index in [0.29, 0.717) is 6.61 Å². The smallest absolute Gasteiger partial charge is 0.343 e. The van der Waals surface area contributed by atoms with E-state index in [1.165, 1.54) is 0 Å².